The first kappa shape index (κ1) is 15.0. The monoisotopic (exact) mass is 252 g/mol. The van der Waals surface area contributed by atoms with Crippen molar-refractivity contribution in [3.05, 3.63) is 5.69 Å². The Balaban J connectivity index is 2.07. The molecule has 1 rings (SSSR count). The van der Waals surface area contributed by atoms with E-state index < -0.39 is 0 Å². The number of nitrogen functional groups attached to an aromatic ring is 1. The standard InChI is InChI=1S/C14H28N4/c1-3-5-6-7-8-9-10-11-12-18-13(4-2)14(15)16-17-18/h3-12,15H2,1-2H3. The Hall–Kier alpha value is -1.06. The van der Waals surface area contributed by atoms with Crippen molar-refractivity contribution in [3.63, 3.8) is 0 Å². The number of hydrogen-bond donors (Lipinski definition) is 1. The number of hydrogen-bond acceptors (Lipinski definition) is 3. The molecule has 0 fully saturated rings. The van der Waals surface area contributed by atoms with Gasteiger partial charge in [0.25, 0.3) is 0 Å². The van der Waals surface area contributed by atoms with Crippen LogP contribution < -0.4 is 5.73 Å². The van der Waals surface area contributed by atoms with Crippen LogP contribution in [0.2, 0.25) is 0 Å². The Morgan fingerprint density at radius 3 is 2.17 bits per heavy atom. The van der Waals surface area contributed by atoms with Crippen LogP contribution in [0, 0.1) is 0 Å². The van der Waals surface area contributed by atoms with Gasteiger partial charge in [0.15, 0.2) is 5.82 Å². The second kappa shape index (κ2) is 8.95. The minimum Gasteiger partial charge on any atom is -0.381 e. The van der Waals surface area contributed by atoms with E-state index >= 15 is 0 Å². The molecule has 0 aliphatic heterocycles. The molecule has 0 spiro atoms. The van der Waals surface area contributed by atoms with Gasteiger partial charge in [-0.15, -0.1) is 5.10 Å². The van der Waals surface area contributed by atoms with Gasteiger partial charge in [-0.05, 0) is 12.8 Å². The molecule has 0 aliphatic carbocycles. The fourth-order valence-corrected chi connectivity index (χ4v) is 2.28. The summed E-state index contributed by atoms with van der Waals surface area (Å²) in [5.41, 5.74) is 6.84. The molecule has 0 radical (unpaired) electrons. The molecule has 1 heterocycles. The number of rotatable bonds is 10. The molecule has 0 atom stereocenters. The largest absolute Gasteiger partial charge is 0.381 e. The topological polar surface area (TPSA) is 56.7 Å². The lowest BCUT2D eigenvalue weighted by molar-refractivity contribution is 0.500. The maximum absolute atomic E-state index is 5.76. The van der Waals surface area contributed by atoms with Crippen LogP contribution in [0.15, 0.2) is 0 Å². The number of anilines is 1. The van der Waals surface area contributed by atoms with E-state index in [-0.39, 0.29) is 0 Å². The molecule has 0 aliphatic rings. The van der Waals surface area contributed by atoms with Gasteiger partial charge in [0.2, 0.25) is 0 Å². The van der Waals surface area contributed by atoms with E-state index in [0.29, 0.717) is 5.82 Å². The summed E-state index contributed by atoms with van der Waals surface area (Å²) >= 11 is 0. The quantitative estimate of drug-likeness (QED) is 0.648. The van der Waals surface area contributed by atoms with E-state index in [9.17, 15) is 0 Å². The summed E-state index contributed by atoms with van der Waals surface area (Å²) in [6.07, 6.45) is 11.6. The van der Waals surface area contributed by atoms with Crippen LogP contribution in [0.4, 0.5) is 5.82 Å². The van der Waals surface area contributed by atoms with Gasteiger partial charge in [-0.3, -0.25) is 0 Å². The summed E-state index contributed by atoms with van der Waals surface area (Å²) in [4.78, 5) is 0. The van der Waals surface area contributed by atoms with Crippen molar-refractivity contribution in [2.24, 2.45) is 0 Å². The highest BCUT2D eigenvalue weighted by molar-refractivity contribution is 5.32. The van der Waals surface area contributed by atoms with Crippen molar-refractivity contribution in [3.8, 4) is 0 Å². The van der Waals surface area contributed by atoms with Crippen molar-refractivity contribution in [2.45, 2.75) is 78.2 Å². The maximum atomic E-state index is 5.76. The first-order valence-electron chi connectivity index (χ1n) is 7.47. The molecular weight excluding hydrogens is 224 g/mol. The van der Waals surface area contributed by atoms with Crippen LogP contribution in [0.3, 0.4) is 0 Å². The highest BCUT2D eigenvalue weighted by Gasteiger charge is 2.06. The summed E-state index contributed by atoms with van der Waals surface area (Å²) in [6, 6.07) is 0. The summed E-state index contributed by atoms with van der Waals surface area (Å²) in [6.45, 7) is 5.32. The van der Waals surface area contributed by atoms with Gasteiger partial charge in [0.05, 0.1) is 5.69 Å². The lowest BCUT2D eigenvalue weighted by Crippen LogP contribution is -2.05. The van der Waals surface area contributed by atoms with Gasteiger partial charge in [0, 0.05) is 6.54 Å². The van der Waals surface area contributed by atoms with E-state index in [0.717, 1.165) is 18.7 Å². The van der Waals surface area contributed by atoms with Crippen LogP contribution in [0.1, 0.15) is 70.9 Å². The van der Waals surface area contributed by atoms with Crippen LogP contribution in [0.25, 0.3) is 0 Å². The average molecular weight is 252 g/mol. The van der Waals surface area contributed by atoms with Crippen LogP contribution in [-0.2, 0) is 13.0 Å². The summed E-state index contributed by atoms with van der Waals surface area (Å²) in [7, 11) is 0. The Morgan fingerprint density at radius 2 is 1.56 bits per heavy atom. The van der Waals surface area contributed by atoms with E-state index in [1.165, 1.54) is 51.4 Å². The zero-order chi connectivity index (χ0) is 13.2. The van der Waals surface area contributed by atoms with Gasteiger partial charge in [-0.1, -0.05) is 64.0 Å². The third kappa shape index (κ3) is 5.07. The summed E-state index contributed by atoms with van der Waals surface area (Å²) in [5.74, 6) is 0.595. The van der Waals surface area contributed by atoms with E-state index in [1.54, 1.807) is 0 Å². The molecular formula is C14H28N4. The predicted molar refractivity (Wildman–Crippen MR) is 76.4 cm³/mol. The van der Waals surface area contributed by atoms with Gasteiger partial charge in [-0.25, -0.2) is 4.68 Å². The first-order chi connectivity index (χ1) is 8.79. The third-order valence-corrected chi connectivity index (χ3v) is 3.43. The van der Waals surface area contributed by atoms with Crippen molar-refractivity contribution in [1.82, 2.24) is 15.0 Å². The lowest BCUT2D eigenvalue weighted by atomic mass is 10.1. The second-order valence-corrected chi connectivity index (χ2v) is 4.97. The Labute approximate surface area is 111 Å². The van der Waals surface area contributed by atoms with Crippen LogP contribution in [0.5, 0.6) is 0 Å². The zero-order valence-electron chi connectivity index (χ0n) is 12.0. The molecule has 0 saturated heterocycles. The fourth-order valence-electron chi connectivity index (χ4n) is 2.28. The van der Waals surface area contributed by atoms with E-state index in [4.69, 9.17) is 5.73 Å². The zero-order valence-corrected chi connectivity index (χ0v) is 12.0. The molecule has 1 aromatic heterocycles. The second-order valence-electron chi connectivity index (χ2n) is 4.97. The third-order valence-electron chi connectivity index (χ3n) is 3.43. The average Bonchev–Trinajstić information content (AvgIpc) is 2.73. The number of nitrogens with zero attached hydrogens (tertiary/aromatic N) is 3. The molecule has 0 unspecified atom stereocenters. The van der Waals surface area contributed by atoms with Crippen molar-refractivity contribution in [1.29, 1.82) is 0 Å². The van der Waals surface area contributed by atoms with Crippen molar-refractivity contribution < 1.29 is 0 Å². The maximum Gasteiger partial charge on any atom is 0.169 e. The van der Waals surface area contributed by atoms with Crippen molar-refractivity contribution >= 4 is 5.82 Å². The van der Waals surface area contributed by atoms with Gasteiger partial charge >= 0.3 is 0 Å². The summed E-state index contributed by atoms with van der Waals surface area (Å²) < 4.78 is 1.96. The molecule has 4 nitrogen and oxygen atoms in total. The fraction of sp³-hybridized carbons (Fsp3) is 0.857. The number of aryl methyl sites for hydroxylation is 1. The summed E-state index contributed by atoms with van der Waals surface area (Å²) in [5, 5.41) is 8.01. The molecule has 0 saturated carbocycles. The Morgan fingerprint density at radius 1 is 0.944 bits per heavy atom. The first-order valence-corrected chi connectivity index (χ1v) is 7.47. The minimum absolute atomic E-state index is 0.595. The Kier molecular flexibility index (Phi) is 7.46. The molecule has 104 valence electrons. The van der Waals surface area contributed by atoms with Gasteiger partial charge < -0.3 is 5.73 Å². The highest BCUT2D eigenvalue weighted by Crippen LogP contribution is 2.11. The molecule has 0 bridgehead atoms. The minimum atomic E-state index is 0.595. The van der Waals surface area contributed by atoms with Crippen molar-refractivity contribution in [2.75, 3.05) is 5.73 Å². The normalized spacial score (nSPS) is 11.0. The molecule has 4 heteroatoms. The number of aromatic nitrogens is 3. The lowest BCUT2D eigenvalue weighted by Gasteiger charge is -2.05. The van der Waals surface area contributed by atoms with Gasteiger partial charge in [0.1, 0.15) is 0 Å². The van der Waals surface area contributed by atoms with E-state index in [1.807, 2.05) is 4.68 Å². The number of nitrogens with two attached hydrogens (primary N) is 1. The molecule has 1 aromatic rings. The highest BCUT2D eigenvalue weighted by atomic mass is 15.4. The molecule has 18 heavy (non-hydrogen) atoms. The van der Waals surface area contributed by atoms with Crippen LogP contribution >= 0.6 is 0 Å². The van der Waals surface area contributed by atoms with E-state index in [2.05, 4.69) is 24.2 Å². The molecule has 2 N–H and O–H groups in total. The number of unbranched alkanes of at least 4 members (excludes halogenated alkanes) is 7. The Bertz CT molecular complexity index is 320. The molecule has 0 amide bonds. The SMILES string of the molecule is CCCCCCCCCCn1nnc(N)c1CC. The smallest absolute Gasteiger partial charge is 0.169 e. The predicted octanol–water partition coefficient (Wildman–Crippen LogP) is 3.56. The van der Waals surface area contributed by atoms with Gasteiger partial charge in [-0.2, -0.15) is 0 Å². The van der Waals surface area contributed by atoms with Crippen LogP contribution in [-0.4, -0.2) is 15.0 Å². The molecule has 0 aromatic carbocycles.